The Bertz CT molecular complexity index is 1580. The Morgan fingerprint density at radius 1 is 1.00 bits per heavy atom. The summed E-state index contributed by atoms with van der Waals surface area (Å²) in [6.45, 7) is 7.22. The van der Waals surface area contributed by atoms with E-state index in [0.29, 0.717) is 52.8 Å². The Balaban J connectivity index is 1.48. The third-order valence-electron chi connectivity index (χ3n) is 8.86. The third kappa shape index (κ3) is 4.06. The van der Waals surface area contributed by atoms with Gasteiger partial charge in [0.15, 0.2) is 5.43 Å². The smallest absolute Gasteiger partial charge is 0.351 e. The lowest BCUT2D eigenvalue weighted by Crippen LogP contribution is -2.48. The van der Waals surface area contributed by atoms with Gasteiger partial charge in [0.25, 0.3) is 0 Å². The van der Waals surface area contributed by atoms with Gasteiger partial charge in [-0.25, -0.2) is 9.59 Å². The van der Waals surface area contributed by atoms with Gasteiger partial charge in [0, 0.05) is 17.9 Å². The minimum Gasteiger partial charge on any atom is -0.488 e. The second-order valence-electron chi connectivity index (χ2n) is 11.1. The van der Waals surface area contributed by atoms with Gasteiger partial charge in [-0.05, 0) is 49.6 Å². The van der Waals surface area contributed by atoms with E-state index in [1.807, 2.05) is 27.7 Å². The van der Waals surface area contributed by atoms with Crippen LogP contribution in [0.3, 0.4) is 0 Å². The summed E-state index contributed by atoms with van der Waals surface area (Å²) in [7, 11) is 1.31. The van der Waals surface area contributed by atoms with Crippen molar-refractivity contribution >= 4 is 28.9 Å². The Labute approximate surface area is 231 Å². The Morgan fingerprint density at radius 3 is 2.42 bits per heavy atom. The molecule has 1 aromatic heterocycles. The first-order valence-electron chi connectivity index (χ1n) is 13.3. The van der Waals surface area contributed by atoms with E-state index >= 15 is 0 Å². The van der Waals surface area contributed by atoms with Gasteiger partial charge in [0.1, 0.15) is 30.3 Å². The highest BCUT2D eigenvalue weighted by Gasteiger charge is 2.76. The minimum absolute atomic E-state index is 0.0852. The van der Waals surface area contributed by atoms with Crippen LogP contribution >= 0.6 is 0 Å². The Kier molecular flexibility index (Phi) is 6.72. The van der Waals surface area contributed by atoms with Crippen LogP contribution < -0.4 is 10.2 Å². The second kappa shape index (κ2) is 9.80. The van der Waals surface area contributed by atoms with Crippen LogP contribution in [-0.4, -0.2) is 30.6 Å². The molecule has 2 aromatic carbocycles. The van der Waals surface area contributed by atoms with Crippen LogP contribution in [0.2, 0.25) is 0 Å². The van der Waals surface area contributed by atoms with E-state index in [-0.39, 0.29) is 24.2 Å². The van der Waals surface area contributed by atoms with Gasteiger partial charge >= 0.3 is 17.9 Å². The van der Waals surface area contributed by atoms with Crippen LogP contribution in [0.25, 0.3) is 11.0 Å². The van der Waals surface area contributed by atoms with Crippen molar-refractivity contribution in [2.45, 2.75) is 65.8 Å². The number of benzene rings is 2. The van der Waals surface area contributed by atoms with E-state index in [1.165, 1.54) is 13.2 Å². The molecule has 2 aliphatic rings. The van der Waals surface area contributed by atoms with Crippen LogP contribution in [-0.2, 0) is 43.4 Å². The van der Waals surface area contributed by atoms with Crippen molar-refractivity contribution in [3.05, 3.63) is 75.1 Å². The number of carbonyl (C=O) groups is 3. The molecule has 2 bridgehead atoms. The first-order chi connectivity index (χ1) is 19.0. The second-order valence-corrected chi connectivity index (χ2v) is 11.1. The molecule has 1 saturated heterocycles. The van der Waals surface area contributed by atoms with Crippen molar-refractivity contribution < 1.29 is 37.7 Å². The van der Waals surface area contributed by atoms with Crippen molar-refractivity contribution in [1.29, 1.82) is 0 Å². The van der Waals surface area contributed by atoms with E-state index in [0.717, 1.165) is 0 Å². The third-order valence-corrected chi connectivity index (χ3v) is 8.86. The van der Waals surface area contributed by atoms with E-state index in [2.05, 4.69) is 0 Å². The quantitative estimate of drug-likeness (QED) is 0.286. The summed E-state index contributed by atoms with van der Waals surface area (Å²) < 4.78 is 28.5. The molecule has 2 atom stereocenters. The average molecular weight is 549 g/mol. The van der Waals surface area contributed by atoms with Crippen molar-refractivity contribution in [2.24, 2.45) is 10.8 Å². The number of fused-ring (bicyclic) bond motifs is 3. The minimum atomic E-state index is -1.39. The topological polar surface area (TPSA) is 118 Å². The van der Waals surface area contributed by atoms with Crippen molar-refractivity contribution in [1.82, 2.24) is 0 Å². The van der Waals surface area contributed by atoms with Crippen molar-refractivity contribution in [2.75, 3.05) is 7.11 Å². The molecule has 3 aromatic rings. The van der Waals surface area contributed by atoms with Crippen LogP contribution in [0, 0.1) is 10.8 Å². The SMILES string of the molecule is CCc1cc(=O)c2ccc(OCc3cccc(C(=O)OC)c3)c(COC(=O)[C@@]34CC[C@@](C)(C(=O)O3)C4(C)C)c2o1. The maximum absolute atomic E-state index is 13.6. The zero-order valence-electron chi connectivity index (χ0n) is 23.3. The highest BCUT2D eigenvalue weighted by atomic mass is 16.6. The highest BCUT2D eigenvalue weighted by molar-refractivity contribution is 5.94. The summed E-state index contributed by atoms with van der Waals surface area (Å²) >= 11 is 0. The first-order valence-corrected chi connectivity index (χ1v) is 13.3. The van der Waals surface area contributed by atoms with Crippen LogP contribution in [0.1, 0.15) is 67.8 Å². The molecule has 2 heterocycles. The molecule has 40 heavy (non-hydrogen) atoms. The largest absolute Gasteiger partial charge is 0.488 e. The fourth-order valence-electron chi connectivity index (χ4n) is 5.77. The summed E-state index contributed by atoms with van der Waals surface area (Å²) in [6.07, 6.45) is 1.38. The van der Waals surface area contributed by atoms with Crippen molar-refractivity contribution in [3.8, 4) is 5.75 Å². The molecule has 9 nitrogen and oxygen atoms in total. The van der Waals surface area contributed by atoms with Gasteiger partial charge in [-0.1, -0.05) is 32.9 Å². The van der Waals surface area contributed by atoms with Gasteiger partial charge in [-0.2, -0.15) is 0 Å². The lowest BCUT2D eigenvalue weighted by atomic mass is 9.66. The summed E-state index contributed by atoms with van der Waals surface area (Å²) in [5.74, 6) is -0.690. The summed E-state index contributed by atoms with van der Waals surface area (Å²) in [5, 5.41) is 0.322. The van der Waals surface area contributed by atoms with Gasteiger partial charge in [0.05, 0.1) is 29.0 Å². The van der Waals surface area contributed by atoms with E-state index in [1.54, 1.807) is 36.4 Å². The number of carbonyl (C=O) groups excluding carboxylic acids is 3. The number of hydrogen-bond donors (Lipinski definition) is 0. The maximum Gasteiger partial charge on any atom is 0.351 e. The van der Waals surface area contributed by atoms with Gasteiger partial charge in [-0.3, -0.25) is 9.59 Å². The molecular formula is C31H32O9. The molecule has 0 N–H and O–H groups in total. The fraction of sp³-hybridized carbons (Fsp3) is 0.419. The van der Waals surface area contributed by atoms with E-state index in [9.17, 15) is 19.2 Å². The van der Waals surface area contributed by atoms with Gasteiger partial charge in [-0.15, -0.1) is 0 Å². The number of methoxy groups -OCH3 is 1. The molecule has 0 unspecified atom stereocenters. The van der Waals surface area contributed by atoms with Crippen LogP contribution in [0.5, 0.6) is 5.75 Å². The van der Waals surface area contributed by atoms with E-state index in [4.69, 9.17) is 23.4 Å². The highest BCUT2D eigenvalue weighted by Crippen LogP contribution is 2.65. The molecule has 1 aliphatic carbocycles. The lowest BCUT2D eigenvalue weighted by molar-refractivity contribution is -0.184. The summed E-state index contributed by atoms with van der Waals surface area (Å²) in [4.78, 5) is 51.0. The maximum atomic E-state index is 13.6. The Morgan fingerprint density at radius 2 is 1.77 bits per heavy atom. The van der Waals surface area contributed by atoms with Crippen molar-refractivity contribution in [3.63, 3.8) is 0 Å². The number of rotatable bonds is 8. The lowest BCUT2D eigenvalue weighted by Gasteiger charge is -2.34. The molecule has 210 valence electrons. The monoisotopic (exact) mass is 548 g/mol. The molecule has 9 heteroatoms. The predicted octanol–water partition coefficient (Wildman–Crippen LogP) is 4.89. The number of hydrogen-bond acceptors (Lipinski definition) is 9. The standard InChI is InChI=1S/C31H32O9/c1-6-20-15-23(32)21-10-11-24(37-16-18-8-7-9-19(14-18)26(33)36-5)22(25(21)39-20)17-38-28(35)31-13-12-30(4,27(34)40-31)29(31,2)3/h7-11,14-15H,6,12-13,16-17H2,1-5H3/t30-,31+/m0/s1. The molecule has 1 saturated carbocycles. The normalized spacial score (nSPS) is 22.7. The number of esters is 3. The molecule has 0 amide bonds. The zero-order chi connectivity index (χ0) is 28.9. The van der Waals surface area contributed by atoms with Gasteiger partial charge < -0.3 is 23.4 Å². The average Bonchev–Trinajstić information content (AvgIpc) is 3.24. The zero-order valence-corrected chi connectivity index (χ0v) is 23.3. The predicted molar refractivity (Wildman–Crippen MR) is 144 cm³/mol. The molecule has 5 rings (SSSR count). The fourth-order valence-corrected chi connectivity index (χ4v) is 5.77. The molecule has 0 spiro atoms. The molecular weight excluding hydrogens is 516 g/mol. The first kappa shape index (κ1) is 27.4. The van der Waals surface area contributed by atoms with Gasteiger partial charge in [0.2, 0.25) is 5.60 Å². The van der Waals surface area contributed by atoms with E-state index < -0.39 is 34.3 Å². The summed E-state index contributed by atoms with van der Waals surface area (Å²) in [5.41, 5.74) is -1.44. The number of aryl methyl sites for hydroxylation is 1. The summed E-state index contributed by atoms with van der Waals surface area (Å²) in [6, 6.07) is 11.5. The Hall–Kier alpha value is -4.14. The molecule has 1 aliphatic heterocycles. The van der Waals surface area contributed by atoms with Crippen LogP contribution in [0.4, 0.5) is 0 Å². The molecule has 2 fully saturated rings. The van der Waals surface area contributed by atoms with Crippen LogP contribution in [0.15, 0.2) is 51.7 Å². The molecule has 0 radical (unpaired) electrons. The number of ether oxygens (including phenoxy) is 4.